The summed E-state index contributed by atoms with van der Waals surface area (Å²) in [6.07, 6.45) is 65.5. The van der Waals surface area contributed by atoms with Gasteiger partial charge in [0.05, 0.1) is 25.4 Å². The molecule has 0 aliphatic rings. The molecular formula is C58H109NO5. The van der Waals surface area contributed by atoms with Gasteiger partial charge in [0.2, 0.25) is 5.91 Å². The first-order valence-corrected chi connectivity index (χ1v) is 28.2. The van der Waals surface area contributed by atoms with Crippen LogP contribution in [-0.2, 0) is 14.3 Å². The molecule has 0 radical (unpaired) electrons. The number of hydrogen-bond donors (Lipinski definition) is 3. The zero-order valence-electron chi connectivity index (χ0n) is 42.8. The van der Waals surface area contributed by atoms with Crippen molar-refractivity contribution >= 4 is 11.9 Å². The van der Waals surface area contributed by atoms with Crippen molar-refractivity contribution < 1.29 is 24.5 Å². The fourth-order valence-electron chi connectivity index (χ4n) is 8.55. The quantitative estimate of drug-likeness (QED) is 0.0321. The normalized spacial score (nSPS) is 12.9. The summed E-state index contributed by atoms with van der Waals surface area (Å²) in [5, 5.41) is 23.2. The Kier molecular flexibility index (Phi) is 52.1. The first-order chi connectivity index (χ1) is 31.5. The number of esters is 1. The molecule has 0 heterocycles. The minimum Gasteiger partial charge on any atom is -0.466 e. The van der Waals surface area contributed by atoms with Crippen LogP contribution in [0.15, 0.2) is 36.5 Å². The molecule has 0 saturated heterocycles. The summed E-state index contributed by atoms with van der Waals surface area (Å²) in [6.45, 7) is 4.89. The second-order valence-electron chi connectivity index (χ2n) is 19.3. The molecule has 2 atom stereocenters. The molecule has 0 aliphatic heterocycles. The lowest BCUT2D eigenvalue weighted by molar-refractivity contribution is -0.143. The number of carbonyl (C=O) groups is 2. The van der Waals surface area contributed by atoms with Gasteiger partial charge >= 0.3 is 5.97 Å². The molecule has 0 saturated carbocycles. The maximum atomic E-state index is 12.4. The number of ether oxygens (including phenoxy) is 1. The van der Waals surface area contributed by atoms with Crippen molar-refractivity contribution in [2.45, 2.75) is 309 Å². The van der Waals surface area contributed by atoms with Gasteiger partial charge in [0, 0.05) is 12.8 Å². The van der Waals surface area contributed by atoms with Crippen molar-refractivity contribution in [1.29, 1.82) is 0 Å². The van der Waals surface area contributed by atoms with E-state index in [0.29, 0.717) is 25.9 Å². The molecular weight excluding hydrogens is 791 g/mol. The van der Waals surface area contributed by atoms with Crippen molar-refractivity contribution in [1.82, 2.24) is 5.32 Å². The fraction of sp³-hybridized carbons (Fsp3) is 0.862. The Bertz CT molecular complexity index is 1040. The van der Waals surface area contributed by atoms with E-state index in [2.05, 4.69) is 55.6 Å². The zero-order chi connectivity index (χ0) is 46.5. The van der Waals surface area contributed by atoms with Crippen LogP contribution in [0.5, 0.6) is 0 Å². The summed E-state index contributed by atoms with van der Waals surface area (Å²) < 4.78 is 5.47. The Balaban J connectivity index is 3.46. The van der Waals surface area contributed by atoms with Crippen LogP contribution in [0.2, 0.25) is 0 Å². The highest BCUT2D eigenvalue weighted by Gasteiger charge is 2.20. The number of nitrogens with one attached hydrogen (secondary N) is 1. The van der Waals surface area contributed by atoms with Crippen LogP contribution in [0.4, 0.5) is 0 Å². The zero-order valence-corrected chi connectivity index (χ0v) is 42.8. The summed E-state index contributed by atoms with van der Waals surface area (Å²) in [4.78, 5) is 24.5. The highest BCUT2D eigenvalue weighted by atomic mass is 16.5. The number of hydrogen-bond acceptors (Lipinski definition) is 5. The lowest BCUT2D eigenvalue weighted by atomic mass is 10.0. The summed E-state index contributed by atoms with van der Waals surface area (Å²) in [5.74, 6) is -0.0647. The van der Waals surface area contributed by atoms with Crippen LogP contribution in [0.25, 0.3) is 0 Å². The molecule has 0 aromatic rings. The number of carbonyl (C=O) groups excluding carboxylic acids is 2. The second-order valence-corrected chi connectivity index (χ2v) is 19.3. The molecule has 1 amide bonds. The number of allylic oxidation sites excluding steroid dienone is 6. The van der Waals surface area contributed by atoms with E-state index in [9.17, 15) is 19.8 Å². The third-order valence-corrected chi connectivity index (χ3v) is 12.9. The molecule has 0 aromatic carbocycles. The molecule has 0 fully saturated rings. The van der Waals surface area contributed by atoms with Gasteiger partial charge in [-0.05, 0) is 83.5 Å². The third-order valence-electron chi connectivity index (χ3n) is 12.9. The van der Waals surface area contributed by atoms with Crippen LogP contribution in [0.1, 0.15) is 296 Å². The Hall–Kier alpha value is -1.92. The lowest BCUT2D eigenvalue weighted by Gasteiger charge is -2.22. The van der Waals surface area contributed by atoms with Gasteiger partial charge in [0.1, 0.15) is 0 Å². The van der Waals surface area contributed by atoms with Crippen LogP contribution >= 0.6 is 0 Å². The van der Waals surface area contributed by atoms with Crippen LogP contribution in [0, 0.1) is 0 Å². The Morgan fingerprint density at radius 1 is 0.438 bits per heavy atom. The van der Waals surface area contributed by atoms with E-state index in [1.165, 1.54) is 186 Å². The van der Waals surface area contributed by atoms with E-state index in [1.54, 1.807) is 0 Å². The predicted molar refractivity (Wildman–Crippen MR) is 278 cm³/mol. The number of rotatable bonds is 52. The van der Waals surface area contributed by atoms with E-state index >= 15 is 0 Å². The number of aliphatic hydroxyl groups excluding tert-OH is 2. The predicted octanol–water partition coefficient (Wildman–Crippen LogP) is 17.2. The number of unbranched alkanes of at least 4 members (excludes halogenated alkanes) is 35. The Morgan fingerprint density at radius 3 is 1.23 bits per heavy atom. The first kappa shape index (κ1) is 62.1. The average Bonchev–Trinajstić information content (AvgIpc) is 3.29. The number of amides is 1. The summed E-state index contributed by atoms with van der Waals surface area (Å²) in [6, 6.07) is -0.553. The highest BCUT2D eigenvalue weighted by Crippen LogP contribution is 2.16. The summed E-state index contributed by atoms with van der Waals surface area (Å²) >= 11 is 0. The first-order valence-electron chi connectivity index (χ1n) is 28.2. The van der Waals surface area contributed by atoms with Gasteiger partial charge in [0.25, 0.3) is 0 Å². The molecule has 64 heavy (non-hydrogen) atoms. The van der Waals surface area contributed by atoms with Gasteiger partial charge in [0.15, 0.2) is 0 Å². The minimum absolute atomic E-state index is 0.0140. The highest BCUT2D eigenvalue weighted by molar-refractivity contribution is 5.76. The monoisotopic (exact) mass is 900 g/mol. The molecule has 6 nitrogen and oxygen atoms in total. The van der Waals surface area contributed by atoms with E-state index in [-0.39, 0.29) is 18.5 Å². The van der Waals surface area contributed by atoms with Gasteiger partial charge in [-0.15, -0.1) is 0 Å². The lowest BCUT2D eigenvalue weighted by Crippen LogP contribution is -2.45. The maximum Gasteiger partial charge on any atom is 0.305 e. The molecule has 376 valence electrons. The van der Waals surface area contributed by atoms with Crippen molar-refractivity contribution in [2.24, 2.45) is 0 Å². The largest absolute Gasteiger partial charge is 0.466 e. The molecule has 2 unspecified atom stereocenters. The molecule has 0 aromatic heterocycles. The summed E-state index contributed by atoms with van der Waals surface area (Å²) in [5.41, 5.74) is 0. The van der Waals surface area contributed by atoms with Crippen molar-refractivity contribution in [3.63, 3.8) is 0 Å². The molecule has 6 heteroatoms. The maximum absolute atomic E-state index is 12.4. The standard InChI is InChI=1S/C58H109NO5/c1-3-5-7-9-11-13-15-17-18-19-20-21-24-28-32-36-40-44-48-52-58(63)64-53-49-45-41-37-33-29-25-22-23-27-31-35-39-43-47-51-57(62)59-55(54-60)56(61)50-46-42-38-34-30-26-16-14-12-10-8-6-4-2/h11,13,17-18,25,29,55-56,60-61H,3-10,12,14-16,19-24,26-28,30-54H2,1-2H3,(H,59,62)/b13-11-,18-17-,29-25-. The minimum atomic E-state index is -0.674. The van der Waals surface area contributed by atoms with Gasteiger partial charge in [-0.2, -0.15) is 0 Å². The Morgan fingerprint density at radius 2 is 0.781 bits per heavy atom. The molecule has 0 bridgehead atoms. The topological polar surface area (TPSA) is 95.9 Å². The van der Waals surface area contributed by atoms with Crippen LogP contribution in [0.3, 0.4) is 0 Å². The molecule has 0 spiro atoms. The van der Waals surface area contributed by atoms with Gasteiger partial charge in [-0.3, -0.25) is 9.59 Å². The SMILES string of the molecule is CCCCC/C=C\C/C=C\CCCCCCCCCCCC(=O)OCCCCCC/C=C\CCCCCCCCCC(=O)NC(CO)C(O)CCCCCCCCCCCCCCC. The van der Waals surface area contributed by atoms with Crippen molar-refractivity contribution in [3.8, 4) is 0 Å². The smallest absolute Gasteiger partial charge is 0.305 e. The van der Waals surface area contributed by atoms with Crippen molar-refractivity contribution in [3.05, 3.63) is 36.5 Å². The molecule has 0 rings (SSSR count). The third kappa shape index (κ3) is 49.5. The average molecular weight is 901 g/mol. The fourth-order valence-corrected chi connectivity index (χ4v) is 8.55. The summed E-state index contributed by atoms with van der Waals surface area (Å²) in [7, 11) is 0. The molecule has 3 N–H and O–H groups in total. The van der Waals surface area contributed by atoms with E-state index in [0.717, 1.165) is 77.0 Å². The van der Waals surface area contributed by atoms with Crippen LogP contribution in [-0.4, -0.2) is 47.4 Å². The van der Waals surface area contributed by atoms with E-state index in [1.807, 2.05) is 0 Å². The Labute approximate surface area is 398 Å². The molecule has 0 aliphatic carbocycles. The van der Waals surface area contributed by atoms with E-state index < -0.39 is 12.1 Å². The van der Waals surface area contributed by atoms with Gasteiger partial charge in [-0.1, -0.05) is 237 Å². The van der Waals surface area contributed by atoms with Crippen molar-refractivity contribution in [2.75, 3.05) is 13.2 Å². The number of aliphatic hydroxyl groups is 2. The van der Waals surface area contributed by atoms with E-state index in [4.69, 9.17) is 4.74 Å². The van der Waals surface area contributed by atoms with Crippen LogP contribution < -0.4 is 5.32 Å². The van der Waals surface area contributed by atoms with Gasteiger partial charge < -0.3 is 20.3 Å². The van der Waals surface area contributed by atoms with Gasteiger partial charge in [-0.25, -0.2) is 0 Å². The second kappa shape index (κ2) is 53.7.